The van der Waals surface area contributed by atoms with Gasteiger partial charge in [0.15, 0.2) is 0 Å². The smallest absolute Gasteiger partial charge is 0.252 e. The number of aromatic amines is 1. The molecule has 0 saturated heterocycles. The van der Waals surface area contributed by atoms with E-state index in [1.54, 1.807) is 6.20 Å². The van der Waals surface area contributed by atoms with E-state index in [1.807, 2.05) is 61.5 Å². The Balaban J connectivity index is 1.88. The third-order valence-electron chi connectivity index (χ3n) is 4.76. The Labute approximate surface area is 158 Å². The number of H-pyrrole nitrogens is 1. The van der Waals surface area contributed by atoms with Gasteiger partial charge in [0.1, 0.15) is 0 Å². The van der Waals surface area contributed by atoms with E-state index in [9.17, 15) is 4.79 Å². The van der Waals surface area contributed by atoms with Crippen LogP contribution in [0.5, 0.6) is 0 Å². The molecule has 0 unspecified atom stereocenters. The van der Waals surface area contributed by atoms with Crippen LogP contribution in [0.3, 0.4) is 0 Å². The van der Waals surface area contributed by atoms with E-state index in [0.29, 0.717) is 6.42 Å². The van der Waals surface area contributed by atoms with Crippen molar-refractivity contribution in [3.8, 4) is 11.1 Å². The van der Waals surface area contributed by atoms with Crippen LogP contribution in [-0.2, 0) is 6.42 Å². The monoisotopic (exact) mass is 352 g/mol. The van der Waals surface area contributed by atoms with Gasteiger partial charge in [-0.15, -0.1) is 0 Å². The van der Waals surface area contributed by atoms with Gasteiger partial charge >= 0.3 is 0 Å². The van der Waals surface area contributed by atoms with Gasteiger partial charge in [-0.3, -0.25) is 9.78 Å². The van der Waals surface area contributed by atoms with Gasteiger partial charge in [0.05, 0.1) is 5.69 Å². The molecule has 0 spiro atoms. The maximum absolute atomic E-state index is 12.9. The summed E-state index contributed by atoms with van der Waals surface area (Å²) in [6.45, 7) is 2.03. The first-order chi connectivity index (χ1) is 13.2. The predicted molar refractivity (Wildman–Crippen MR) is 112 cm³/mol. The van der Waals surface area contributed by atoms with Crippen LogP contribution in [0.25, 0.3) is 27.6 Å². The SMILES string of the molecule is C/C(=C\Cc1c(-c2ccccc2)c2ccccc2[nH]c1=O)c1ccccn1. The number of hydrogen-bond acceptors (Lipinski definition) is 2. The predicted octanol–water partition coefficient (Wildman–Crippen LogP) is 5.24. The van der Waals surface area contributed by atoms with Gasteiger partial charge in [0.2, 0.25) is 0 Å². The van der Waals surface area contributed by atoms with Crippen molar-refractivity contribution in [2.75, 3.05) is 0 Å². The van der Waals surface area contributed by atoms with Gasteiger partial charge in [-0.05, 0) is 48.2 Å². The van der Waals surface area contributed by atoms with Crippen LogP contribution in [0.1, 0.15) is 18.2 Å². The van der Waals surface area contributed by atoms with E-state index in [-0.39, 0.29) is 5.56 Å². The number of rotatable bonds is 4. The molecule has 2 aromatic heterocycles. The fourth-order valence-electron chi connectivity index (χ4n) is 3.37. The Morgan fingerprint density at radius 3 is 2.48 bits per heavy atom. The lowest BCUT2D eigenvalue weighted by atomic mass is 9.94. The molecule has 3 nitrogen and oxygen atoms in total. The first kappa shape index (κ1) is 17.0. The topological polar surface area (TPSA) is 45.8 Å². The molecule has 0 aliphatic heterocycles. The molecule has 0 fully saturated rings. The van der Waals surface area contributed by atoms with Crippen molar-refractivity contribution in [2.45, 2.75) is 13.3 Å². The molecule has 132 valence electrons. The summed E-state index contributed by atoms with van der Waals surface area (Å²) in [5.74, 6) is 0. The normalized spacial score (nSPS) is 11.7. The van der Waals surface area contributed by atoms with Gasteiger partial charge < -0.3 is 4.98 Å². The molecule has 0 bridgehead atoms. The van der Waals surface area contributed by atoms with E-state index < -0.39 is 0 Å². The van der Waals surface area contributed by atoms with E-state index in [0.717, 1.165) is 38.9 Å². The second-order valence-corrected chi connectivity index (χ2v) is 6.53. The number of aromatic nitrogens is 2. The summed E-state index contributed by atoms with van der Waals surface area (Å²) in [5.41, 5.74) is 5.63. The highest BCUT2D eigenvalue weighted by Crippen LogP contribution is 2.30. The molecular weight excluding hydrogens is 332 g/mol. The van der Waals surface area contributed by atoms with Gasteiger partial charge in [-0.1, -0.05) is 60.7 Å². The highest BCUT2D eigenvalue weighted by atomic mass is 16.1. The van der Waals surface area contributed by atoms with Crippen molar-refractivity contribution >= 4 is 16.5 Å². The van der Waals surface area contributed by atoms with Gasteiger partial charge in [-0.2, -0.15) is 0 Å². The lowest BCUT2D eigenvalue weighted by Crippen LogP contribution is -2.14. The lowest BCUT2D eigenvalue weighted by molar-refractivity contribution is 1.15. The van der Waals surface area contributed by atoms with Crippen LogP contribution in [0.4, 0.5) is 0 Å². The van der Waals surface area contributed by atoms with Crippen molar-refractivity contribution in [3.05, 3.63) is 107 Å². The fraction of sp³-hybridized carbons (Fsp3) is 0.0833. The summed E-state index contributed by atoms with van der Waals surface area (Å²) in [7, 11) is 0. The van der Waals surface area contributed by atoms with Gasteiger partial charge in [0.25, 0.3) is 5.56 Å². The molecule has 0 aliphatic rings. The van der Waals surface area contributed by atoms with Crippen LogP contribution in [-0.4, -0.2) is 9.97 Å². The molecule has 0 radical (unpaired) electrons. The highest BCUT2D eigenvalue weighted by molar-refractivity contribution is 5.96. The zero-order chi connectivity index (χ0) is 18.6. The molecule has 4 rings (SSSR count). The minimum absolute atomic E-state index is 0.0439. The summed E-state index contributed by atoms with van der Waals surface area (Å²) in [5, 5.41) is 1.06. The molecule has 1 N–H and O–H groups in total. The van der Waals surface area contributed by atoms with Crippen molar-refractivity contribution in [1.29, 1.82) is 0 Å². The van der Waals surface area contributed by atoms with Crippen LogP contribution in [0.2, 0.25) is 0 Å². The summed E-state index contributed by atoms with van der Waals surface area (Å²) >= 11 is 0. The number of allylic oxidation sites excluding steroid dienone is 2. The zero-order valence-corrected chi connectivity index (χ0v) is 15.1. The van der Waals surface area contributed by atoms with Crippen LogP contribution in [0, 0.1) is 0 Å². The van der Waals surface area contributed by atoms with Crippen molar-refractivity contribution in [1.82, 2.24) is 9.97 Å². The standard InChI is InChI=1S/C24H20N2O/c1-17(21-12-7-8-16-25-21)14-15-20-23(18-9-3-2-4-10-18)19-11-5-6-13-22(19)26-24(20)27/h2-14,16H,15H2,1H3,(H,26,27)/b17-14+. The quantitative estimate of drug-likeness (QED) is 0.546. The van der Waals surface area contributed by atoms with Crippen LogP contribution in [0.15, 0.2) is 89.9 Å². The molecule has 27 heavy (non-hydrogen) atoms. The fourth-order valence-corrected chi connectivity index (χ4v) is 3.37. The summed E-state index contributed by atoms with van der Waals surface area (Å²) < 4.78 is 0. The number of benzene rings is 2. The van der Waals surface area contributed by atoms with Crippen molar-refractivity contribution in [3.63, 3.8) is 0 Å². The summed E-state index contributed by atoms with van der Waals surface area (Å²) in [4.78, 5) is 20.3. The third kappa shape index (κ3) is 3.44. The average molecular weight is 352 g/mol. The highest BCUT2D eigenvalue weighted by Gasteiger charge is 2.13. The second-order valence-electron chi connectivity index (χ2n) is 6.53. The second kappa shape index (κ2) is 7.42. The summed E-state index contributed by atoms with van der Waals surface area (Å²) in [6, 6.07) is 23.9. The van der Waals surface area contributed by atoms with Crippen LogP contribution >= 0.6 is 0 Å². The Bertz CT molecular complexity index is 1160. The molecule has 4 aromatic rings. The Morgan fingerprint density at radius 2 is 1.70 bits per heavy atom. The van der Waals surface area contributed by atoms with Crippen molar-refractivity contribution in [2.24, 2.45) is 0 Å². The minimum Gasteiger partial charge on any atom is -0.322 e. The molecule has 2 heterocycles. The Hall–Kier alpha value is -3.46. The molecule has 0 aliphatic carbocycles. The summed E-state index contributed by atoms with van der Waals surface area (Å²) in [6.07, 6.45) is 4.41. The number of fused-ring (bicyclic) bond motifs is 1. The molecular formula is C24H20N2O. The molecule has 2 aromatic carbocycles. The van der Waals surface area contributed by atoms with E-state index in [1.165, 1.54) is 0 Å². The van der Waals surface area contributed by atoms with E-state index in [2.05, 4.69) is 34.2 Å². The number of nitrogens with zero attached hydrogens (tertiary/aromatic N) is 1. The average Bonchev–Trinajstić information content (AvgIpc) is 2.73. The molecule has 0 amide bonds. The van der Waals surface area contributed by atoms with E-state index in [4.69, 9.17) is 0 Å². The minimum atomic E-state index is -0.0439. The maximum Gasteiger partial charge on any atom is 0.252 e. The van der Waals surface area contributed by atoms with Gasteiger partial charge in [0, 0.05) is 22.7 Å². The Morgan fingerprint density at radius 1 is 0.963 bits per heavy atom. The molecule has 3 heteroatoms. The number of para-hydroxylation sites is 1. The third-order valence-corrected chi connectivity index (χ3v) is 4.76. The first-order valence-corrected chi connectivity index (χ1v) is 9.01. The molecule has 0 atom stereocenters. The number of hydrogen-bond donors (Lipinski definition) is 1. The largest absolute Gasteiger partial charge is 0.322 e. The number of nitrogens with one attached hydrogen (secondary N) is 1. The van der Waals surface area contributed by atoms with Gasteiger partial charge in [-0.25, -0.2) is 0 Å². The Kier molecular flexibility index (Phi) is 4.67. The lowest BCUT2D eigenvalue weighted by Gasteiger charge is -2.12. The number of pyridine rings is 2. The zero-order valence-electron chi connectivity index (χ0n) is 15.1. The van der Waals surface area contributed by atoms with Crippen molar-refractivity contribution < 1.29 is 0 Å². The first-order valence-electron chi connectivity index (χ1n) is 9.01. The maximum atomic E-state index is 12.9. The van der Waals surface area contributed by atoms with E-state index >= 15 is 0 Å². The molecule has 0 saturated carbocycles. The van der Waals surface area contributed by atoms with Crippen LogP contribution < -0.4 is 5.56 Å².